The standard InChI is InChI=1S/C24H34N2O4/c1-6-29-20-9-7-19(8-10-20)21-22(25-14-17(4)13-18(5)15-25)24(28)26(23(21)27)11-12-30-16(2)3/h7-10,16-18H,6,11-15H2,1-5H3. The highest BCUT2D eigenvalue weighted by atomic mass is 16.5. The third-order valence-electron chi connectivity index (χ3n) is 5.55. The average Bonchev–Trinajstić information content (AvgIpc) is 2.92. The maximum Gasteiger partial charge on any atom is 0.277 e. The predicted molar refractivity (Wildman–Crippen MR) is 117 cm³/mol. The van der Waals surface area contributed by atoms with Gasteiger partial charge in [-0.25, -0.2) is 0 Å². The molecule has 2 aliphatic heterocycles. The maximum absolute atomic E-state index is 13.4. The van der Waals surface area contributed by atoms with Crippen LogP contribution in [-0.2, 0) is 14.3 Å². The first-order valence-electron chi connectivity index (χ1n) is 11.0. The number of piperidine rings is 1. The Morgan fingerprint density at radius 3 is 2.23 bits per heavy atom. The van der Waals surface area contributed by atoms with Crippen LogP contribution in [0.15, 0.2) is 30.0 Å². The zero-order chi connectivity index (χ0) is 21.8. The molecule has 1 fully saturated rings. The Morgan fingerprint density at radius 1 is 1.03 bits per heavy atom. The van der Waals surface area contributed by atoms with Crippen LogP contribution in [0, 0.1) is 11.8 Å². The highest BCUT2D eigenvalue weighted by Crippen LogP contribution is 2.35. The number of nitrogens with zero attached hydrogens (tertiary/aromatic N) is 2. The molecule has 0 bridgehead atoms. The summed E-state index contributed by atoms with van der Waals surface area (Å²) in [5.74, 6) is 1.26. The molecule has 0 aliphatic carbocycles. The number of imide groups is 1. The Balaban J connectivity index is 1.95. The van der Waals surface area contributed by atoms with Crippen molar-refractivity contribution in [3.63, 3.8) is 0 Å². The zero-order valence-corrected chi connectivity index (χ0v) is 18.8. The van der Waals surface area contributed by atoms with Crippen LogP contribution in [0.5, 0.6) is 5.75 Å². The molecule has 2 atom stereocenters. The van der Waals surface area contributed by atoms with Crippen molar-refractivity contribution in [2.24, 2.45) is 11.8 Å². The van der Waals surface area contributed by atoms with Crippen molar-refractivity contribution in [1.29, 1.82) is 0 Å². The van der Waals surface area contributed by atoms with Gasteiger partial charge in [0.2, 0.25) is 0 Å². The predicted octanol–water partition coefficient (Wildman–Crippen LogP) is 3.57. The topological polar surface area (TPSA) is 59.1 Å². The summed E-state index contributed by atoms with van der Waals surface area (Å²) in [5, 5.41) is 0. The highest BCUT2D eigenvalue weighted by Gasteiger charge is 2.42. The van der Waals surface area contributed by atoms with Crippen molar-refractivity contribution in [2.45, 2.75) is 47.1 Å². The monoisotopic (exact) mass is 414 g/mol. The molecule has 6 heteroatoms. The second kappa shape index (κ2) is 9.65. The molecular formula is C24H34N2O4. The lowest BCUT2D eigenvalue weighted by Crippen LogP contribution is -2.42. The van der Waals surface area contributed by atoms with Crippen molar-refractivity contribution in [2.75, 3.05) is 32.8 Å². The van der Waals surface area contributed by atoms with E-state index >= 15 is 0 Å². The van der Waals surface area contributed by atoms with E-state index in [4.69, 9.17) is 9.47 Å². The van der Waals surface area contributed by atoms with E-state index in [0.29, 0.717) is 36.3 Å². The molecule has 30 heavy (non-hydrogen) atoms. The summed E-state index contributed by atoms with van der Waals surface area (Å²) in [6.07, 6.45) is 1.19. The van der Waals surface area contributed by atoms with Gasteiger partial charge >= 0.3 is 0 Å². The van der Waals surface area contributed by atoms with Crippen molar-refractivity contribution >= 4 is 17.4 Å². The fourth-order valence-corrected chi connectivity index (χ4v) is 4.43. The molecule has 2 aliphatic rings. The summed E-state index contributed by atoms with van der Waals surface area (Å²) in [6.45, 7) is 13.0. The van der Waals surface area contributed by atoms with Gasteiger partial charge in [0.25, 0.3) is 11.8 Å². The SMILES string of the molecule is CCOc1ccc(C2=C(N3CC(C)CC(C)C3)C(=O)N(CCOC(C)C)C2=O)cc1. The number of rotatable bonds is 8. The molecule has 1 aromatic rings. The van der Waals surface area contributed by atoms with E-state index in [1.807, 2.05) is 45.0 Å². The van der Waals surface area contributed by atoms with Crippen molar-refractivity contribution in [1.82, 2.24) is 9.80 Å². The van der Waals surface area contributed by atoms with Gasteiger partial charge in [0.05, 0.1) is 31.4 Å². The minimum atomic E-state index is -0.239. The lowest BCUT2D eigenvalue weighted by molar-refractivity contribution is -0.138. The number of benzene rings is 1. The van der Waals surface area contributed by atoms with E-state index in [0.717, 1.165) is 30.8 Å². The van der Waals surface area contributed by atoms with Gasteiger partial charge < -0.3 is 14.4 Å². The van der Waals surface area contributed by atoms with Gasteiger partial charge in [-0.15, -0.1) is 0 Å². The van der Waals surface area contributed by atoms with Gasteiger partial charge in [0.1, 0.15) is 11.4 Å². The van der Waals surface area contributed by atoms with Gasteiger partial charge in [-0.3, -0.25) is 14.5 Å². The fraction of sp³-hybridized carbons (Fsp3) is 0.583. The second-order valence-corrected chi connectivity index (χ2v) is 8.71. The van der Waals surface area contributed by atoms with Crippen LogP contribution in [0.25, 0.3) is 5.57 Å². The summed E-state index contributed by atoms with van der Waals surface area (Å²) in [4.78, 5) is 30.2. The number of likely N-dealkylation sites (tertiary alicyclic amines) is 1. The van der Waals surface area contributed by atoms with Crippen molar-refractivity contribution in [3.8, 4) is 5.75 Å². The average molecular weight is 415 g/mol. The first-order chi connectivity index (χ1) is 14.3. The van der Waals surface area contributed by atoms with Crippen molar-refractivity contribution < 1.29 is 19.1 Å². The van der Waals surface area contributed by atoms with Crippen molar-refractivity contribution in [3.05, 3.63) is 35.5 Å². The third kappa shape index (κ3) is 4.86. The molecule has 3 rings (SSSR count). The molecule has 2 unspecified atom stereocenters. The summed E-state index contributed by atoms with van der Waals surface area (Å²) in [6, 6.07) is 7.45. The first kappa shape index (κ1) is 22.3. The molecule has 0 aromatic heterocycles. The van der Waals surface area contributed by atoms with Crippen LogP contribution in [0.4, 0.5) is 0 Å². The molecule has 6 nitrogen and oxygen atoms in total. The maximum atomic E-state index is 13.4. The molecule has 164 valence electrons. The van der Waals surface area contributed by atoms with Crippen LogP contribution >= 0.6 is 0 Å². The Kier molecular flexibility index (Phi) is 7.19. The highest BCUT2D eigenvalue weighted by molar-refractivity contribution is 6.35. The van der Waals surface area contributed by atoms with E-state index in [1.165, 1.54) is 4.90 Å². The van der Waals surface area contributed by atoms with Gasteiger partial charge in [-0.1, -0.05) is 26.0 Å². The fourth-order valence-electron chi connectivity index (χ4n) is 4.43. The lowest BCUT2D eigenvalue weighted by Gasteiger charge is -2.37. The smallest absolute Gasteiger partial charge is 0.277 e. The van der Waals surface area contributed by atoms with E-state index in [9.17, 15) is 9.59 Å². The molecule has 1 saturated heterocycles. The number of carbonyl (C=O) groups excluding carboxylic acids is 2. The molecule has 0 saturated carbocycles. The molecule has 0 radical (unpaired) electrons. The zero-order valence-electron chi connectivity index (χ0n) is 18.8. The third-order valence-corrected chi connectivity index (χ3v) is 5.55. The van der Waals surface area contributed by atoms with E-state index < -0.39 is 0 Å². The molecule has 2 amide bonds. The largest absolute Gasteiger partial charge is 0.494 e. The van der Waals surface area contributed by atoms with Crippen LogP contribution in [0.2, 0.25) is 0 Å². The molecule has 0 N–H and O–H groups in total. The molecular weight excluding hydrogens is 380 g/mol. The van der Waals surface area contributed by atoms with Crippen LogP contribution in [0.1, 0.15) is 46.6 Å². The summed E-state index contributed by atoms with van der Waals surface area (Å²) < 4.78 is 11.1. The minimum Gasteiger partial charge on any atom is -0.494 e. The van der Waals surface area contributed by atoms with E-state index in [-0.39, 0.29) is 24.5 Å². The van der Waals surface area contributed by atoms with Gasteiger partial charge in [0.15, 0.2) is 0 Å². The number of carbonyl (C=O) groups is 2. The quantitative estimate of drug-likeness (QED) is 0.609. The van der Waals surface area contributed by atoms with Crippen LogP contribution < -0.4 is 4.74 Å². The Morgan fingerprint density at radius 2 is 1.67 bits per heavy atom. The van der Waals surface area contributed by atoms with Gasteiger partial charge in [-0.2, -0.15) is 0 Å². The molecule has 2 heterocycles. The normalized spacial score (nSPS) is 22.5. The van der Waals surface area contributed by atoms with Gasteiger partial charge in [-0.05, 0) is 56.7 Å². The minimum absolute atomic E-state index is 0.0552. The van der Waals surface area contributed by atoms with Crippen LogP contribution in [0.3, 0.4) is 0 Å². The molecule has 0 spiro atoms. The number of amides is 2. The summed E-state index contributed by atoms with van der Waals surface area (Å²) >= 11 is 0. The van der Waals surface area contributed by atoms with E-state index in [1.54, 1.807) is 0 Å². The number of hydrogen-bond acceptors (Lipinski definition) is 5. The Labute approximate surface area is 179 Å². The second-order valence-electron chi connectivity index (χ2n) is 8.71. The Hall–Kier alpha value is -2.34. The van der Waals surface area contributed by atoms with Gasteiger partial charge in [0, 0.05) is 13.1 Å². The summed E-state index contributed by atoms with van der Waals surface area (Å²) in [7, 11) is 0. The number of hydrogen-bond donors (Lipinski definition) is 0. The first-order valence-corrected chi connectivity index (χ1v) is 11.0. The van der Waals surface area contributed by atoms with E-state index in [2.05, 4.69) is 18.7 Å². The summed E-state index contributed by atoms with van der Waals surface area (Å²) in [5.41, 5.74) is 1.78. The van der Waals surface area contributed by atoms with Crippen LogP contribution in [-0.4, -0.2) is 60.6 Å². The Bertz CT molecular complexity index is 790. The lowest BCUT2D eigenvalue weighted by atomic mass is 9.91. The number of ether oxygens (including phenoxy) is 2. The molecule has 1 aromatic carbocycles.